The Morgan fingerprint density at radius 3 is 3.33 bits per heavy atom. The number of aromatic nitrogens is 1. The zero-order valence-electron chi connectivity index (χ0n) is 7.08. The monoisotopic (exact) mass is 161 g/mol. The summed E-state index contributed by atoms with van der Waals surface area (Å²) in [6.45, 7) is 2.15. The lowest BCUT2D eigenvalue weighted by molar-refractivity contribution is 0.412. The third-order valence-corrected chi connectivity index (χ3v) is 2.09. The minimum absolute atomic E-state index is 0.889. The number of hydrogen-bond donors (Lipinski definition) is 0. The second-order valence-electron chi connectivity index (χ2n) is 2.91. The van der Waals surface area contributed by atoms with Gasteiger partial charge in [0.25, 0.3) is 0 Å². The van der Waals surface area contributed by atoms with E-state index in [0.717, 1.165) is 24.2 Å². The van der Waals surface area contributed by atoms with Gasteiger partial charge in [-0.3, -0.25) is 0 Å². The molecule has 1 aromatic heterocycles. The molecule has 0 unspecified atom stereocenters. The van der Waals surface area contributed by atoms with E-state index in [1.165, 1.54) is 5.57 Å². The largest absolute Gasteiger partial charge is 0.356 e. The topological polar surface area (TPSA) is 26.0 Å². The van der Waals surface area contributed by atoms with E-state index in [0.29, 0.717) is 0 Å². The number of fused-ring (bicyclic) bond motifs is 1. The van der Waals surface area contributed by atoms with Crippen LogP contribution >= 0.6 is 0 Å². The Balaban J connectivity index is 2.45. The third-order valence-electron chi connectivity index (χ3n) is 2.09. The van der Waals surface area contributed by atoms with Crippen molar-refractivity contribution in [3.63, 3.8) is 0 Å². The van der Waals surface area contributed by atoms with Gasteiger partial charge in [-0.2, -0.15) is 0 Å². The Labute approximate surface area is 71.6 Å². The molecule has 2 rings (SSSR count). The van der Waals surface area contributed by atoms with E-state index in [1.807, 2.05) is 0 Å². The van der Waals surface area contributed by atoms with Gasteiger partial charge in [-0.1, -0.05) is 29.8 Å². The van der Waals surface area contributed by atoms with E-state index >= 15 is 0 Å². The molecule has 0 saturated carbocycles. The first-order valence-electron chi connectivity index (χ1n) is 4.21. The first kappa shape index (κ1) is 7.35. The van der Waals surface area contributed by atoms with E-state index in [2.05, 4.69) is 30.3 Å². The van der Waals surface area contributed by atoms with Crippen LogP contribution in [0.1, 0.15) is 31.1 Å². The molecule has 0 aromatic carbocycles. The molecule has 2 heteroatoms. The molecular formula is C10H11NO. The SMILES string of the molecule is CCC1=Cc2oncc2C=CC1. The highest BCUT2D eigenvalue weighted by molar-refractivity contribution is 5.64. The van der Waals surface area contributed by atoms with Crippen molar-refractivity contribution in [3.8, 4) is 0 Å². The first-order chi connectivity index (χ1) is 5.90. The molecule has 62 valence electrons. The number of hydrogen-bond acceptors (Lipinski definition) is 2. The van der Waals surface area contributed by atoms with Crippen molar-refractivity contribution in [2.45, 2.75) is 19.8 Å². The van der Waals surface area contributed by atoms with Gasteiger partial charge in [-0.25, -0.2) is 0 Å². The molecule has 12 heavy (non-hydrogen) atoms. The summed E-state index contributed by atoms with van der Waals surface area (Å²) in [6, 6.07) is 0. The fourth-order valence-electron chi connectivity index (χ4n) is 1.32. The predicted molar refractivity (Wildman–Crippen MR) is 48.4 cm³/mol. The zero-order chi connectivity index (χ0) is 8.39. The van der Waals surface area contributed by atoms with Crippen molar-refractivity contribution in [2.24, 2.45) is 0 Å². The molecule has 1 aliphatic carbocycles. The molecule has 0 bridgehead atoms. The van der Waals surface area contributed by atoms with Gasteiger partial charge in [0.15, 0.2) is 5.76 Å². The average molecular weight is 161 g/mol. The summed E-state index contributed by atoms with van der Waals surface area (Å²) in [6.07, 6.45) is 10.2. The molecule has 0 atom stereocenters. The maximum Gasteiger partial charge on any atom is 0.166 e. The highest BCUT2D eigenvalue weighted by Gasteiger charge is 2.06. The van der Waals surface area contributed by atoms with E-state index in [-0.39, 0.29) is 0 Å². The molecule has 0 amide bonds. The van der Waals surface area contributed by atoms with Gasteiger partial charge in [0.2, 0.25) is 0 Å². The summed E-state index contributed by atoms with van der Waals surface area (Å²) >= 11 is 0. The number of rotatable bonds is 1. The van der Waals surface area contributed by atoms with Gasteiger partial charge < -0.3 is 4.52 Å². The smallest absolute Gasteiger partial charge is 0.166 e. The predicted octanol–water partition coefficient (Wildman–Crippen LogP) is 2.88. The van der Waals surface area contributed by atoms with Crippen LogP contribution in [0, 0.1) is 0 Å². The highest BCUT2D eigenvalue weighted by Crippen LogP contribution is 2.21. The van der Waals surface area contributed by atoms with Crippen LogP contribution in [0.25, 0.3) is 12.2 Å². The van der Waals surface area contributed by atoms with E-state index in [4.69, 9.17) is 4.52 Å². The second kappa shape index (κ2) is 2.97. The van der Waals surface area contributed by atoms with Crippen LogP contribution in [-0.4, -0.2) is 5.16 Å². The highest BCUT2D eigenvalue weighted by atomic mass is 16.5. The maximum absolute atomic E-state index is 5.09. The molecule has 0 aliphatic heterocycles. The molecule has 0 radical (unpaired) electrons. The van der Waals surface area contributed by atoms with Crippen LogP contribution in [-0.2, 0) is 0 Å². The quantitative estimate of drug-likeness (QED) is 0.633. The lowest BCUT2D eigenvalue weighted by atomic mass is 10.1. The Hall–Kier alpha value is -1.31. The van der Waals surface area contributed by atoms with E-state index in [1.54, 1.807) is 6.20 Å². The summed E-state index contributed by atoms with van der Waals surface area (Å²) in [7, 11) is 0. The lowest BCUT2D eigenvalue weighted by Crippen LogP contribution is -1.76. The zero-order valence-corrected chi connectivity index (χ0v) is 7.08. The summed E-state index contributed by atoms with van der Waals surface area (Å²) < 4.78 is 5.09. The molecule has 0 spiro atoms. The molecule has 2 nitrogen and oxygen atoms in total. The normalized spacial score (nSPS) is 15.2. The molecular weight excluding hydrogens is 150 g/mol. The van der Waals surface area contributed by atoms with Crippen molar-refractivity contribution in [2.75, 3.05) is 0 Å². The Morgan fingerprint density at radius 2 is 2.50 bits per heavy atom. The summed E-state index contributed by atoms with van der Waals surface area (Å²) in [5, 5.41) is 3.74. The summed E-state index contributed by atoms with van der Waals surface area (Å²) in [4.78, 5) is 0. The number of nitrogens with zero attached hydrogens (tertiary/aromatic N) is 1. The average Bonchev–Trinajstić information content (AvgIpc) is 2.43. The van der Waals surface area contributed by atoms with Gasteiger partial charge in [0, 0.05) is 5.56 Å². The van der Waals surface area contributed by atoms with Crippen LogP contribution in [0.5, 0.6) is 0 Å². The molecule has 1 heterocycles. The molecule has 0 N–H and O–H groups in total. The van der Waals surface area contributed by atoms with Crippen molar-refractivity contribution in [1.82, 2.24) is 5.16 Å². The van der Waals surface area contributed by atoms with Crippen LogP contribution in [0.2, 0.25) is 0 Å². The Bertz CT molecular complexity index is 333. The van der Waals surface area contributed by atoms with Crippen LogP contribution in [0.4, 0.5) is 0 Å². The van der Waals surface area contributed by atoms with Crippen molar-refractivity contribution >= 4 is 12.2 Å². The first-order valence-corrected chi connectivity index (χ1v) is 4.21. The molecule has 0 saturated heterocycles. The fourth-order valence-corrected chi connectivity index (χ4v) is 1.32. The van der Waals surface area contributed by atoms with Crippen molar-refractivity contribution in [3.05, 3.63) is 29.2 Å². The molecule has 0 fully saturated rings. The standard InChI is InChI=1S/C10H11NO/c1-2-8-4-3-5-9-7-11-12-10(9)6-8/h3,5-7H,2,4H2,1H3. The summed E-state index contributed by atoms with van der Waals surface area (Å²) in [5.74, 6) is 0.889. The van der Waals surface area contributed by atoms with E-state index in [9.17, 15) is 0 Å². The molecule has 1 aromatic rings. The van der Waals surface area contributed by atoms with Gasteiger partial charge in [-0.05, 0) is 18.9 Å². The van der Waals surface area contributed by atoms with Crippen molar-refractivity contribution < 1.29 is 4.52 Å². The lowest BCUT2D eigenvalue weighted by Gasteiger charge is -1.95. The van der Waals surface area contributed by atoms with Gasteiger partial charge in [0.05, 0.1) is 6.20 Å². The van der Waals surface area contributed by atoms with Crippen LogP contribution < -0.4 is 0 Å². The third kappa shape index (κ3) is 1.20. The van der Waals surface area contributed by atoms with Gasteiger partial charge in [-0.15, -0.1) is 0 Å². The number of allylic oxidation sites excluding steroid dienone is 2. The Kier molecular flexibility index (Phi) is 1.82. The maximum atomic E-state index is 5.09. The van der Waals surface area contributed by atoms with E-state index < -0.39 is 0 Å². The second-order valence-corrected chi connectivity index (χ2v) is 2.91. The minimum atomic E-state index is 0.889. The minimum Gasteiger partial charge on any atom is -0.356 e. The van der Waals surface area contributed by atoms with Crippen LogP contribution in [0.3, 0.4) is 0 Å². The molecule has 1 aliphatic rings. The Morgan fingerprint density at radius 1 is 1.58 bits per heavy atom. The fraction of sp³-hybridized carbons (Fsp3) is 0.300. The van der Waals surface area contributed by atoms with Crippen molar-refractivity contribution in [1.29, 1.82) is 0 Å². The van der Waals surface area contributed by atoms with Gasteiger partial charge >= 0.3 is 0 Å². The van der Waals surface area contributed by atoms with Crippen LogP contribution in [0.15, 0.2) is 22.4 Å². The summed E-state index contributed by atoms with van der Waals surface area (Å²) in [5.41, 5.74) is 2.47. The van der Waals surface area contributed by atoms with Gasteiger partial charge in [0.1, 0.15) is 0 Å².